The topological polar surface area (TPSA) is 97.4 Å². The highest BCUT2D eigenvalue weighted by Crippen LogP contribution is 2.34. The number of fused-ring (bicyclic) bond motifs is 1. The lowest BCUT2D eigenvalue weighted by molar-refractivity contribution is -0.116. The van der Waals surface area contributed by atoms with E-state index in [-0.39, 0.29) is 34.5 Å². The van der Waals surface area contributed by atoms with Gasteiger partial charge in [0.1, 0.15) is 22.6 Å². The van der Waals surface area contributed by atoms with Crippen molar-refractivity contribution in [1.29, 1.82) is 0 Å². The molecule has 182 valence electrons. The molecule has 0 spiro atoms. The molecule has 5 rings (SSSR count). The molecule has 3 heterocycles. The van der Waals surface area contributed by atoms with E-state index < -0.39 is 5.82 Å². The first kappa shape index (κ1) is 23.3. The number of aryl methyl sites for hydroxylation is 1. The molecule has 1 aromatic heterocycles. The summed E-state index contributed by atoms with van der Waals surface area (Å²) in [4.78, 5) is 20.6. The number of benzene rings is 2. The van der Waals surface area contributed by atoms with Crippen LogP contribution in [-0.4, -0.2) is 35.2 Å². The summed E-state index contributed by atoms with van der Waals surface area (Å²) in [5.74, 6) is 0.385. The maximum Gasteiger partial charge on any atom is 0.229 e. The van der Waals surface area contributed by atoms with Gasteiger partial charge in [-0.05, 0) is 42.7 Å². The van der Waals surface area contributed by atoms with E-state index >= 15 is 0 Å². The van der Waals surface area contributed by atoms with E-state index in [1.165, 1.54) is 12.3 Å². The molecule has 1 saturated heterocycles. The van der Waals surface area contributed by atoms with Crippen molar-refractivity contribution in [2.75, 3.05) is 29.2 Å². The third kappa shape index (κ3) is 5.63. The molecule has 0 atom stereocenters. The number of rotatable bonds is 6. The average Bonchev–Trinajstić information content (AvgIpc) is 3.04. The quantitative estimate of drug-likeness (QED) is 0.408. The molecular formula is C25H25ClFN5O3. The largest absolute Gasteiger partial charge is 0.488 e. The molecule has 2 aliphatic rings. The van der Waals surface area contributed by atoms with E-state index in [1.54, 1.807) is 12.1 Å². The van der Waals surface area contributed by atoms with Gasteiger partial charge >= 0.3 is 0 Å². The Bertz CT molecular complexity index is 1240. The number of hydrogen-bond acceptors (Lipinski definition) is 7. The Morgan fingerprint density at radius 1 is 1.14 bits per heavy atom. The summed E-state index contributed by atoms with van der Waals surface area (Å²) in [6.07, 6.45) is 5.00. The molecule has 1 fully saturated rings. The van der Waals surface area contributed by atoms with E-state index in [0.717, 1.165) is 36.9 Å². The van der Waals surface area contributed by atoms with Crippen molar-refractivity contribution in [2.45, 2.75) is 38.2 Å². The first-order chi connectivity index (χ1) is 17.0. The Hall–Kier alpha value is -3.43. The van der Waals surface area contributed by atoms with Crippen LogP contribution in [0.15, 0.2) is 42.6 Å². The molecule has 0 radical (unpaired) electrons. The van der Waals surface area contributed by atoms with Gasteiger partial charge in [-0.1, -0.05) is 23.7 Å². The van der Waals surface area contributed by atoms with Gasteiger partial charge in [-0.3, -0.25) is 4.79 Å². The van der Waals surface area contributed by atoms with E-state index in [9.17, 15) is 9.18 Å². The zero-order valence-corrected chi connectivity index (χ0v) is 19.7. The van der Waals surface area contributed by atoms with E-state index in [2.05, 4.69) is 25.9 Å². The van der Waals surface area contributed by atoms with Gasteiger partial charge in [0.15, 0.2) is 11.6 Å². The van der Waals surface area contributed by atoms with Gasteiger partial charge in [-0.25, -0.2) is 9.37 Å². The van der Waals surface area contributed by atoms with Gasteiger partial charge in [0, 0.05) is 30.6 Å². The van der Waals surface area contributed by atoms with Crippen LogP contribution in [0, 0.1) is 5.82 Å². The third-order valence-electron chi connectivity index (χ3n) is 5.91. The Morgan fingerprint density at radius 2 is 2.00 bits per heavy atom. The minimum Gasteiger partial charge on any atom is -0.488 e. The van der Waals surface area contributed by atoms with Crippen molar-refractivity contribution in [1.82, 2.24) is 9.97 Å². The van der Waals surface area contributed by atoms with Gasteiger partial charge < -0.3 is 25.4 Å². The van der Waals surface area contributed by atoms with Gasteiger partial charge in [0.25, 0.3) is 0 Å². The lowest BCUT2D eigenvalue weighted by Crippen LogP contribution is -2.26. The number of aromatic nitrogens is 2. The summed E-state index contributed by atoms with van der Waals surface area (Å²) < 4.78 is 26.2. The molecule has 10 heteroatoms. The standard InChI is InChI=1S/C25H25ClFN5O3/c26-18-14-28-25(29-16-8-7-15-3-1-6-22(33)30-20(15)13-16)32-24(18)31-23-19(27)4-2-5-21(23)35-17-9-11-34-12-10-17/h2,4-5,7-8,13-14,17H,1,3,6,9-12H2,(H,30,33)(H2,28,29,31,32). The normalized spacial score (nSPS) is 16.1. The van der Waals surface area contributed by atoms with Gasteiger partial charge in [0.2, 0.25) is 11.9 Å². The zero-order valence-electron chi connectivity index (χ0n) is 18.9. The second-order valence-electron chi connectivity index (χ2n) is 8.46. The Morgan fingerprint density at radius 3 is 2.86 bits per heavy atom. The molecule has 0 unspecified atom stereocenters. The summed E-state index contributed by atoms with van der Waals surface area (Å²) in [6, 6.07) is 10.4. The fraction of sp³-hybridized carbons (Fsp3) is 0.320. The number of para-hydroxylation sites is 1. The van der Waals surface area contributed by atoms with E-state index in [0.29, 0.717) is 31.1 Å². The highest BCUT2D eigenvalue weighted by atomic mass is 35.5. The van der Waals surface area contributed by atoms with Crippen LogP contribution in [0.25, 0.3) is 0 Å². The van der Waals surface area contributed by atoms with Crippen LogP contribution in [0.3, 0.4) is 0 Å². The number of carbonyl (C=O) groups excluding carboxylic acids is 1. The lowest BCUT2D eigenvalue weighted by atomic mass is 10.1. The van der Waals surface area contributed by atoms with Crippen LogP contribution in [0.1, 0.15) is 31.2 Å². The molecule has 0 aliphatic carbocycles. The van der Waals surface area contributed by atoms with Crippen LogP contribution in [-0.2, 0) is 16.0 Å². The number of nitrogens with zero attached hydrogens (tertiary/aromatic N) is 2. The number of anilines is 5. The Labute approximate surface area is 207 Å². The van der Waals surface area contributed by atoms with Crippen molar-refractivity contribution in [3.05, 3.63) is 59.0 Å². The second-order valence-corrected chi connectivity index (χ2v) is 8.86. The summed E-state index contributed by atoms with van der Waals surface area (Å²) in [5.41, 5.74) is 2.70. The van der Waals surface area contributed by atoms with Crippen molar-refractivity contribution >= 4 is 46.3 Å². The van der Waals surface area contributed by atoms with Crippen LogP contribution >= 0.6 is 11.6 Å². The molecule has 0 saturated carbocycles. The molecule has 35 heavy (non-hydrogen) atoms. The van der Waals surface area contributed by atoms with E-state index in [1.807, 2.05) is 18.2 Å². The molecule has 8 nitrogen and oxygen atoms in total. The summed E-state index contributed by atoms with van der Waals surface area (Å²) in [6.45, 7) is 1.23. The maximum atomic E-state index is 14.8. The predicted octanol–water partition coefficient (Wildman–Crippen LogP) is 5.59. The monoisotopic (exact) mass is 497 g/mol. The van der Waals surface area contributed by atoms with Crippen molar-refractivity contribution in [3.8, 4) is 5.75 Å². The molecule has 0 bridgehead atoms. The lowest BCUT2D eigenvalue weighted by Gasteiger charge is -2.25. The molecule has 1 amide bonds. The van der Waals surface area contributed by atoms with Crippen molar-refractivity contribution in [2.24, 2.45) is 0 Å². The number of ether oxygens (including phenoxy) is 2. The van der Waals surface area contributed by atoms with Crippen LogP contribution in [0.2, 0.25) is 5.02 Å². The second kappa shape index (κ2) is 10.5. The number of carbonyl (C=O) groups is 1. The van der Waals surface area contributed by atoms with Crippen molar-refractivity contribution < 1.29 is 18.7 Å². The number of nitrogens with one attached hydrogen (secondary N) is 3. The molecule has 2 aliphatic heterocycles. The first-order valence-corrected chi connectivity index (χ1v) is 12.0. The highest BCUT2D eigenvalue weighted by molar-refractivity contribution is 6.33. The number of amides is 1. The van der Waals surface area contributed by atoms with Crippen LogP contribution in [0.5, 0.6) is 5.75 Å². The van der Waals surface area contributed by atoms with E-state index in [4.69, 9.17) is 21.1 Å². The molecule has 3 aromatic rings. The average molecular weight is 498 g/mol. The number of hydrogen-bond donors (Lipinski definition) is 3. The predicted molar refractivity (Wildman–Crippen MR) is 132 cm³/mol. The summed E-state index contributed by atoms with van der Waals surface area (Å²) in [7, 11) is 0. The van der Waals surface area contributed by atoms with Gasteiger partial charge in [-0.2, -0.15) is 4.98 Å². The Kier molecular flexibility index (Phi) is 6.96. The van der Waals surface area contributed by atoms with Crippen molar-refractivity contribution in [3.63, 3.8) is 0 Å². The molecular weight excluding hydrogens is 473 g/mol. The SMILES string of the molecule is O=C1CCCc2ccc(Nc3ncc(Cl)c(Nc4c(F)cccc4OC4CCOCC4)n3)cc2N1. The summed E-state index contributed by atoms with van der Waals surface area (Å²) >= 11 is 6.33. The maximum absolute atomic E-state index is 14.8. The van der Waals surface area contributed by atoms with Crippen LogP contribution < -0.4 is 20.7 Å². The minimum absolute atomic E-state index is 0.00112. The van der Waals surface area contributed by atoms with Crippen LogP contribution in [0.4, 0.5) is 33.2 Å². The molecule has 2 aromatic carbocycles. The third-order valence-corrected chi connectivity index (χ3v) is 6.19. The van der Waals surface area contributed by atoms with Gasteiger partial charge in [0.05, 0.1) is 19.4 Å². The Balaban J connectivity index is 1.37. The zero-order chi connectivity index (χ0) is 24.2. The van der Waals surface area contributed by atoms with Gasteiger partial charge in [-0.15, -0.1) is 0 Å². The fourth-order valence-corrected chi connectivity index (χ4v) is 4.24. The smallest absolute Gasteiger partial charge is 0.229 e. The highest BCUT2D eigenvalue weighted by Gasteiger charge is 2.20. The minimum atomic E-state index is -0.486. The summed E-state index contributed by atoms with van der Waals surface area (Å²) in [5, 5.41) is 9.26. The first-order valence-electron chi connectivity index (χ1n) is 11.6. The fourth-order valence-electron chi connectivity index (χ4n) is 4.10. The molecule has 3 N–H and O–H groups in total. The number of halogens is 2.